The molecule has 2 N–H and O–H groups in total. The second kappa shape index (κ2) is 8.43. The maximum atomic E-state index is 12.8. The van der Waals surface area contributed by atoms with Gasteiger partial charge in [0.2, 0.25) is 5.91 Å². The Morgan fingerprint density at radius 3 is 2.81 bits per heavy atom. The highest BCUT2D eigenvalue weighted by Gasteiger charge is 2.36. The largest absolute Gasteiger partial charge is 0.495 e. The van der Waals surface area contributed by atoms with Crippen LogP contribution in [0.1, 0.15) is 30.6 Å². The van der Waals surface area contributed by atoms with Gasteiger partial charge in [0.1, 0.15) is 17.6 Å². The third kappa shape index (κ3) is 4.01. The van der Waals surface area contributed by atoms with Gasteiger partial charge in [-0.25, -0.2) is 4.68 Å². The average molecular weight is 439 g/mol. The van der Waals surface area contributed by atoms with E-state index >= 15 is 0 Å². The van der Waals surface area contributed by atoms with Gasteiger partial charge in [0.25, 0.3) is 5.91 Å². The summed E-state index contributed by atoms with van der Waals surface area (Å²) in [5, 5.41) is 11.0. The summed E-state index contributed by atoms with van der Waals surface area (Å²) in [6, 6.07) is 12.2. The normalized spacial score (nSPS) is 14.8. The maximum Gasteiger partial charge on any atom is 0.251 e. The first-order valence-corrected chi connectivity index (χ1v) is 10.4. The zero-order chi connectivity index (χ0) is 22.1. The summed E-state index contributed by atoms with van der Waals surface area (Å²) >= 11 is 6.17. The average Bonchev–Trinajstić information content (AvgIpc) is 3.23. The van der Waals surface area contributed by atoms with Crippen molar-refractivity contribution in [3.63, 3.8) is 0 Å². The Morgan fingerprint density at radius 1 is 1.29 bits per heavy atom. The summed E-state index contributed by atoms with van der Waals surface area (Å²) < 4.78 is 6.93. The zero-order valence-corrected chi connectivity index (χ0v) is 18.3. The molecule has 1 aromatic heterocycles. The molecule has 0 fully saturated rings. The number of aryl methyl sites for hydroxylation is 2. The van der Waals surface area contributed by atoms with Crippen LogP contribution in [0.3, 0.4) is 0 Å². The number of rotatable bonds is 6. The fourth-order valence-electron chi connectivity index (χ4n) is 3.81. The van der Waals surface area contributed by atoms with Crippen LogP contribution in [-0.4, -0.2) is 28.7 Å². The first-order chi connectivity index (χ1) is 14.9. The number of carbonyl (C=O) groups excluding carboxylic acids is 2. The predicted octanol–water partition coefficient (Wildman–Crippen LogP) is 4.60. The highest BCUT2D eigenvalue weighted by Crippen LogP contribution is 2.39. The second-order valence-electron chi connectivity index (χ2n) is 7.44. The molecule has 7 nitrogen and oxygen atoms in total. The third-order valence-corrected chi connectivity index (χ3v) is 5.51. The van der Waals surface area contributed by atoms with Gasteiger partial charge >= 0.3 is 0 Å². The number of carbonyl (C=O) groups is 2. The standard InChI is InChI=1S/C23H23ClN4O3/c1-4-16-21(14-6-5-7-15(24)11-14)22-26-23(30)18(28(22)27-16)12-20(29)25-17-10-13(2)8-9-19(17)31-3/h5-11,18H,4,12H2,1-3H3,(H,25,29)(H,26,30). The van der Waals surface area contributed by atoms with Crippen molar-refractivity contribution in [2.45, 2.75) is 32.7 Å². The number of aromatic nitrogens is 2. The number of amides is 2. The van der Waals surface area contributed by atoms with Crippen LogP contribution >= 0.6 is 11.6 Å². The molecule has 31 heavy (non-hydrogen) atoms. The molecule has 1 atom stereocenters. The molecule has 2 aromatic carbocycles. The zero-order valence-electron chi connectivity index (χ0n) is 17.5. The van der Waals surface area contributed by atoms with Gasteiger partial charge in [-0.3, -0.25) is 9.59 Å². The molecule has 1 aliphatic rings. The van der Waals surface area contributed by atoms with Gasteiger partial charge in [-0.1, -0.05) is 36.7 Å². The van der Waals surface area contributed by atoms with Crippen molar-refractivity contribution in [3.8, 4) is 16.9 Å². The summed E-state index contributed by atoms with van der Waals surface area (Å²) in [7, 11) is 1.55. The molecule has 0 saturated carbocycles. The van der Waals surface area contributed by atoms with E-state index in [2.05, 4.69) is 15.7 Å². The smallest absolute Gasteiger partial charge is 0.251 e. The van der Waals surface area contributed by atoms with E-state index in [-0.39, 0.29) is 18.2 Å². The van der Waals surface area contributed by atoms with Crippen molar-refractivity contribution < 1.29 is 14.3 Å². The van der Waals surface area contributed by atoms with E-state index in [9.17, 15) is 9.59 Å². The van der Waals surface area contributed by atoms with Crippen LogP contribution in [0.15, 0.2) is 42.5 Å². The molecule has 2 amide bonds. The Labute approximate surface area is 185 Å². The van der Waals surface area contributed by atoms with Crippen LogP contribution in [0.25, 0.3) is 11.1 Å². The number of anilines is 2. The van der Waals surface area contributed by atoms with Crippen molar-refractivity contribution in [1.82, 2.24) is 9.78 Å². The highest BCUT2D eigenvalue weighted by molar-refractivity contribution is 6.30. The highest BCUT2D eigenvalue weighted by atomic mass is 35.5. The first kappa shape index (κ1) is 20.9. The van der Waals surface area contributed by atoms with E-state index in [1.54, 1.807) is 23.9 Å². The lowest BCUT2D eigenvalue weighted by atomic mass is 10.0. The maximum absolute atomic E-state index is 12.8. The van der Waals surface area contributed by atoms with Crippen LogP contribution in [0, 0.1) is 6.92 Å². The van der Waals surface area contributed by atoms with E-state index in [1.165, 1.54) is 0 Å². The summed E-state index contributed by atoms with van der Waals surface area (Å²) in [6.07, 6.45) is 0.632. The minimum Gasteiger partial charge on any atom is -0.495 e. The van der Waals surface area contributed by atoms with Gasteiger partial charge in [0.05, 0.1) is 24.9 Å². The van der Waals surface area contributed by atoms with Crippen LogP contribution in [0.2, 0.25) is 5.02 Å². The molecule has 4 rings (SSSR count). The third-order valence-electron chi connectivity index (χ3n) is 5.28. The second-order valence-corrected chi connectivity index (χ2v) is 7.88. The molecule has 0 bridgehead atoms. The summed E-state index contributed by atoms with van der Waals surface area (Å²) in [4.78, 5) is 25.5. The number of methoxy groups -OCH3 is 1. The molecule has 1 unspecified atom stereocenters. The monoisotopic (exact) mass is 438 g/mol. The number of hydrogen-bond donors (Lipinski definition) is 2. The Bertz CT molecular complexity index is 1170. The SMILES string of the molecule is CCc1nn2c(c1-c1cccc(Cl)c1)NC(=O)C2CC(=O)Nc1cc(C)ccc1OC. The Balaban J connectivity index is 1.62. The minimum absolute atomic E-state index is 0.0459. The quantitative estimate of drug-likeness (QED) is 0.588. The molecule has 0 radical (unpaired) electrons. The van der Waals surface area contributed by atoms with E-state index in [0.717, 1.165) is 22.4 Å². The lowest BCUT2D eigenvalue weighted by Gasteiger charge is -2.13. The molecular weight excluding hydrogens is 416 g/mol. The van der Waals surface area contributed by atoms with Crippen molar-refractivity contribution in [2.75, 3.05) is 17.7 Å². The molecular formula is C23H23ClN4O3. The molecule has 3 aromatic rings. The number of ether oxygens (including phenoxy) is 1. The lowest BCUT2D eigenvalue weighted by Crippen LogP contribution is -2.24. The number of fused-ring (bicyclic) bond motifs is 1. The molecule has 8 heteroatoms. The molecule has 160 valence electrons. The van der Waals surface area contributed by atoms with Gasteiger partial charge in [-0.15, -0.1) is 0 Å². The van der Waals surface area contributed by atoms with Crippen LogP contribution in [-0.2, 0) is 16.0 Å². The van der Waals surface area contributed by atoms with Crippen molar-refractivity contribution in [2.24, 2.45) is 0 Å². The number of hydrogen-bond acceptors (Lipinski definition) is 4. The first-order valence-electron chi connectivity index (χ1n) is 10.0. The summed E-state index contributed by atoms with van der Waals surface area (Å²) in [5.74, 6) is 0.593. The van der Waals surface area contributed by atoms with E-state index in [1.807, 2.05) is 44.2 Å². The van der Waals surface area contributed by atoms with Crippen molar-refractivity contribution in [1.29, 1.82) is 0 Å². The van der Waals surface area contributed by atoms with Gasteiger partial charge in [0.15, 0.2) is 0 Å². The van der Waals surface area contributed by atoms with Crippen LogP contribution in [0.4, 0.5) is 11.5 Å². The number of nitrogens with one attached hydrogen (secondary N) is 2. The summed E-state index contributed by atoms with van der Waals surface area (Å²) in [6.45, 7) is 3.93. The molecule has 0 aliphatic carbocycles. The van der Waals surface area contributed by atoms with Crippen molar-refractivity contribution >= 4 is 34.9 Å². The minimum atomic E-state index is -0.732. The molecule has 2 heterocycles. The number of halogens is 1. The van der Waals surface area contributed by atoms with E-state index < -0.39 is 6.04 Å². The van der Waals surface area contributed by atoms with Gasteiger partial charge < -0.3 is 15.4 Å². The van der Waals surface area contributed by atoms with Crippen LogP contribution in [0.5, 0.6) is 5.75 Å². The Hall–Kier alpha value is -3.32. The van der Waals surface area contributed by atoms with E-state index in [4.69, 9.17) is 16.3 Å². The molecule has 0 saturated heterocycles. The lowest BCUT2D eigenvalue weighted by molar-refractivity contribution is -0.123. The van der Waals surface area contributed by atoms with Gasteiger partial charge in [0, 0.05) is 10.6 Å². The van der Waals surface area contributed by atoms with E-state index in [0.29, 0.717) is 28.7 Å². The predicted molar refractivity (Wildman–Crippen MR) is 121 cm³/mol. The molecule has 1 aliphatic heterocycles. The topological polar surface area (TPSA) is 85.2 Å². The number of nitrogens with zero attached hydrogens (tertiary/aromatic N) is 2. The van der Waals surface area contributed by atoms with Crippen molar-refractivity contribution in [3.05, 3.63) is 58.7 Å². The van der Waals surface area contributed by atoms with Gasteiger partial charge in [-0.05, 0) is 48.7 Å². The fourth-order valence-corrected chi connectivity index (χ4v) is 4.00. The molecule has 0 spiro atoms. The number of benzene rings is 2. The van der Waals surface area contributed by atoms with Crippen LogP contribution < -0.4 is 15.4 Å². The summed E-state index contributed by atoms with van der Waals surface area (Å²) in [5.41, 5.74) is 4.11. The Kier molecular flexibility index (Phi) is 5.69. The van der Waals surface area contributed by atoms with Gasteiger partial charge in [-0.2, -0.15) is 5.10 Å². The Morgan fingerprint density at radius 2 is 2.10 bits per heavy atom. The fraction of sp³-hybridized carbons (Fsp3) is 0.261.